The number of rotatable bonds is 5. The SMILES string of the molecule is N#Cc1c2ccccc2c(C#N)c2cc(C=Cc3ccc(N(c4cccc5ccccc45)c4cccc5ccccc45)cc3)ccc12. The highest BCUT2D eigenvalue weighted by Crippen LogP contribution is 2.42. The van der Waals surface area contributed by atoms with Gasteiger partial charge in [0, 0.05) is 38.0 Å². The average molecular weight is 598 g/mol. The van der Waals surface area contributed by atoms with Crippen molar-refractivity contribution in [1.82, 2.24) is 0 Å². The van der Waals surface area contributed by atoms with Crippen LogP contribution in [-0.2, 0) is 0 Å². The molecule has 47 heavy (non-hydrogen) atoms. The number of fused-ring (bicyclic) bond motifs is 4. The maximum atomic E-state index is 10.1. The van der Waals surface area contributed by atoms with E-state index in [9.17, 15) is 10.5 Å². The Bertz CT molecular complexity index is 2510. The third kappa shape index (κ3) is 4.84. The molecule has 0 aromatic heterocycles. The topological polar surface area (TPSA) is 50.8 Å². The van der Waals surface area contributed by atoms with Gasteiger partial charge in [-0.2, -0.15) is 10.5 Å². The van der Waals surface area contributed by atoms with Crippen molar-refractivity contribution in [3.05, 3.63) is 174 Å². The molecule has 0 radical (unpaired) electrons. The quantitative estimate of drug-likeness (QED) is 0.146. The van der Waals surface area contributed by atoms with Crippen LogP contribution in [0.15, 0.2) is 152 Å². The van der Waals surface area contributed by atoms with Gasteiger partial charge in [0.25, 0.3) is 0 Å². The first-order chi connectivity index (χ1) is 23.2. The van der Waals surface area contributed by atoms with Gasteiger partial charge >= 0.3 is 0 Å². The first-order valence-electron chi connectivity index (χ1n) is 15.6. The summed E-state index contributed by atoms with van der Waals surface area (Å²) in [5.74, 6) is 0. The molecule has 218 valence electrons. The molecule has 0 aliphatic rings. The van der Waals surface area contributed by atoms with Crippen LogP contribution >= 0.6 is 0 Å². The van der Waals surface area contributed by atoms with E-state index >= 15 is 0 Å². The van der Waals surface area contributed by atoms with Crippen molar-refractivity contribution in [1.29, 1.82) is 10.5 Å². The Labute approximate surface area is 273 Å². The van der Waals surface area contributed by atoms with E-state index in [0.717, 1.165) is 49.7 Å². The van der Waals surface area contributed by atoms with Crippen LogP contribution < -0.4 is 4.90 Å². The highest BCUT2D eigenvalue weighted by Gasteiger charge is 2.18. The van der Waals surface area contributed by atoms with Gasteiger partial charge in [0.15, 0.2) is 0 Å². The molecule has 0 unspecified atom stereocenters. The van der Waals surface area contributed by atoms with Gasteiger partial charge < -0.3 is 4.90 Å². The van der Waals surface area contributed by atoms with Crippen LogP contribution in [0.4, 0.5) is 17.1 Å². The molecule has 3 nitrogen and oxygen atoms in total. The second-order valence-electron chi connectivity index (χ2n) is 11.6. The van der Waals surface area contributed by atoms with Gasteiger partial charge in [0.2, 0.25) is 0 Å². The molecular weight excluding hydrogens is 571 g/mol. The summed E-state index contributed by atoms with van der Waals surface area (Å²) in [7, 11) is 0. The van der Waals surface area contributed by atoms with Gasteiger partial charge in [-0.15, -0.1) is 0 Å². The molecular formula is C44H27N3. The minimum Gasteiger partial charge on any atom is -0.309 e. The molecule has 8 aromatic rings. The average Bonchev–Trinajstić information content (AvgIpc) is 3.13. The van der Waals surface area contributed by atoms with Crippen molar-refractivity contribution in [2.75, 3.05) is 4.90 Å². The standard InChI is InChI=1S/C44H27N3/c45-28-41-37-15-5-6-16-38(37)42(29-46)40-27-31(23-26-39(40)41)20-19-30-21-24-34(25-22-30)47(43-17-7-11-32-9-1-3-13-35(32)43)44-18-8-12-33-10-2-4-14-36(33)44/h1-27H. The third-order valence-electron chi connectivity index (χ3n) is 8.91. The van der Waals surface area contributed by atoms with Crippen LogP contribution in [0.5, 0.6) is 0 Å². The van der Waals surface area contributed by atoms with E-state index < -0.39 is 0 Å². The lowest BCUT2D eigenvalue weighted by Crippen LogP contribution is -2.11. The smallest absolute Gasteiger partial charge is 0.100 e. The maximum Gasteiger partial charge on any atom is 0.100 e. The highest BCUT2D eigenvalue weighted by atomic mass is 15.1. The molecule has 0 amide bonds. The molecule has 8 rings (SSSR count). The molecule has 8 aromatic carbocycles. The predicted molar refractivity (Wildman–Crippen MR) is 196 cm³/mol. The summed E-state index contributed by atoms with van der Waals surface area (Å²) in [6.07, 6.45) is 4.15. The zero-order chi connectivity index (χ0) is 31.7. The van der Waals surface area contributed by atoms with Crippen LogP contribution in [0.3, 0.4) is 0 Å². The van der Waals surface area contributed by atoms with Gasteiger partial charge in [-0.25, -0.2) is 0 Å². The van der Waals surface area contributed by atoms with Crippen molar-refractivity contribution < 1.29 is 0 Å². The minimum atomic E-state index is 0.594. The van der Waals surface area contributed by atoms with Gasteiger partial charge in [-0.1, -0.05) is 133 Å². The fourth-order valence-corrected chi connectivity index (χ4v) is 6.68. The monoisotopic (exact) mass is 597 g/mol. The summed E-state index contributed by atoms with van der Waals surface area (Å²) in [4.78, 5) is 2.35. The van der Waals surface area contributed by atoms with Gasteiger partial charge in [-0.3, -0.25) is 0 Å². The fraction of sp³-hybridized carbons (Fsp3) is 0. The first-order valence-corrected chi connectivity index (χ1v) is 15.6. The van der Waals surface area contributed by atoms with E-state index in [1.54, 1.807) is 0 Å². The van der Waals surface area contributed by atoms with E-state index in [1.165, 1.54) is 21.5 Å². The second kappa shape index (κ2) is 11.7. The molecule has 0 aliphatic carbocycles. The second-order valence-corrected chi connectivity index (χ2v) is 11.6. The number of hydrogen-bond acceptors (Lipinski definition) is 3. The molecule has 0 saturated carbocycles. The summed E-state index contributed by atoms with van der Waals surface area (Å²) in [5, 5.41) is 28.0. The van der Waals surface area contributed by atoms with E-state index in [-0.39, 0.29) is 0 Å². The van der Waals surface area contributed by atoms with E-state index in [0.29, 0.717) is 11.1 Å². The van der Waals surface area contributed by atoms with E-state index in [1.807, 2.05) is 42.5 Å². The van der Waals surface area contributed by atoms with Crippen LogP contribution in [-0.4, -0.2) is 0 Å². The van der Waals surface area contributed by atoms with Gasteiger partial charge in [-0.05, 0) is 52.2 Å². The first kappa shape index (κ1) is 27.8. The summed E-state index contributed by atoms with van der Waals surface area (Å²) >= 11 is 0. The summed E-state index contributed by atoms with van der Waals surface area (Å²) in [6, 6.07) is 56.9. The van der Waals surface area contributed by atoms with Crippen molar-refractivity contribution in [2.24, 2.45) is 0 Å². The number of benzene rings is 8. The Morgan fingerprint density at radius 1 is 0.404 bits per heavy atom. The fourth-order valence-electron chi connectivity index (χ4n) is 6.68. The molecule has 0 N–H and O–H groups in total. The van der Waals surface area contributed by atoms with E-state index in [2.05, 4.69) is 138 Å². The molecule has 0 fully saturated rings. The summed E-state index contributed by atoms with van der Waals surface area (Å²) in [6.45, 7) is 0. The lowest BCUT2D eigenvalue weighted by atomic mass is 9.91. The van der Waals surface area contributed by atoms with Gasteiger partial charge in [0.05, 0.1) is 22.5 Å². The largest absolute Gasteiger partial charge is 0.309 e. The summed E-state index contributed by atoms with van der Waals surface area (Å²) in [5.41, 5.74) is 6.52. The van der Waals surface area contributed by atoms with Crippen molar-refractivity contribution in [2.45, 2.75) is 0 Å². The Morgan fingerprint density at radius 3 is 1.43 bits per heavy atom. The molecule has 0 bridgehead atoms. The zero-order valence-corrected chi connectivity index (χ0v) is 25.4. The Hall–Kier alpha value is -6.68. The van der Waals surface area contributed by atoms with Gasteiger partial charge in [0.1, 0.15) is 12.1 Å². The highest BCUT2D eigenvalue weighted by molar-refractivity contribution is 6.10. The number of nitrogens with zero attached hydrogens (tertiary/aromatic N) is 3. The number of anilines is 3. The number of nitriles is 2. The molecule has 0 aliphatic heterocycles. The summed E-state index contributed by atoms with van der Waals surface area (Å²) < 4.78 is 0. The lowest BCUT2D eigenvalue weighted by Gasteiger charge is -2.28. The van der Waals surface area contributed by atoms with Crippen molar-refractivity contribution in [3.8, 4) is 12.1 Å². The number of hydrogen-bond donors (Lipinski definition) is 0. The Morgan fingerprint density at radius 2 is 0.851 bits per heavy atom. The molecule has 0 atom stereocenters. The third-order valence-corrected chi connectivity index (χ3v) is 8.91. The molecule has 0 spiro atoms. The normalized spacial score (nSPS) is 11.3. The predicted octanol–water partition coefficient (Wildman–Crippen LogP) is 11.7. The minimum absolute atomic E-state index is 0.594. The van der Waals surface area contributed by atoms with Crippen LogP contribution in [0.25, 0.3) is 55.2 Å². The van der Waals surface area contributed by atoms with Crippen LogP contribution in [0.2, 0.25) is 0 Å². The molecule has 3 heteroatoms. The lowest BCUT2D eigenvalue weighted by molar-refractivity contribution is 1.31. The zero-order valence-electron chi connectivity index (χ0n) is 25.4. The van der Waals surface area contributed by atoms with Crippen LogP contribution in [0, 0.1) is 22.7 Å². The molecule has 0 saturated heterocycles. The molecule has 0 heterocycles. The van der Waals surface area contributed by atoms with Crippen molar-refractivity contribution in [3.63, 3.8) is 0 Å². The Balaban J connectivity index is 1.20. The maximum absolute atomic E-state index is 10.1. The Kier molecular flexibility index (Phi) is 6.92. The van der Waals surface area contributed by atoms with E-state index in [4.69, 9.17) is 0 Å². The van der Waals surface area contributed by atoms with Crippen molar-refractivity contribution >= 4 is 72.3 Å². The van der Waals surface area contributed by atoms with Crippen LogP contribution in [0.1, 0.15) is 22.3 Å².